The van der Waals surface area contributed by atoms with Gasteiger partial charge in [-0.1, -0.05) is 12.1 Å². The number of carbonyl (C=O) groups is 2. The smallest absolute Gasteiger partial charge is 0.382 e. The van der Waals surface area contributed by atoms with Crippen molar-refractivity contribution in [3.8, 4) is 6.07 Å². The molecule has 0 atom stereocenters. The normalized spacial score (nSPS) is 9.88. The number of benzene rings is 1. The molecule has 0 radical (unpaired) electrons. The fourth-order valence-corrected chi connectivity index (χ4v) is 1.50. The van der Waals surface area contributed by atoms with Gasteiger partial charge in [0.15, 0.2) is 0 Å². The Bertz CT molecular complexity index is 648. The molecule has 2 rings (SSSR count). The molecule has 0 aliphatic heterocycles. The zero-order chi connectivity index (χ0) is 12.4. The zero-order valence-electron chi connectivity index (χ0n) is 8.89. The second-order valence-electron chi connectivity index (χ2n) is 3.23. The molecular weight excluding hydrogens is 222 g/mol. The average Bonchev–Trinajstić information content (AvgIpc) is 2.75. The van der Waals surface area contributed by atoms with Crippen molar-refractivity contribution in [2.45, 2.75) is 0 Å². The number of Topliss-reactive ketones (excluding diaryl/α,β-unsaturated/α-hetero) is 1. The van der Waals surface area contributed by atoms with Crippen molar-refractivity contribution >= 4 is 22.7 Å². The SMILES string of the molecule is COC(=O)C(=O)c1oc2ccccc2c1C#N. The van der Waals surface area contributed by atoms with Crippen LogP contribution in [0.25, 0.3) is 11.0 Å². The number of hydrogen-bond donors (Lipinski definition) is 0. The molecule has 0 bridgehead atoms. The highest BCUT2D eigenvalue weighted by molar-refractivity contribution is 6.40. The van der Waals surface area contributed by atoms with Gasteiger partial charge in [0.25, 0.3) is 0 Å². The number of hydrogen-bond acceptors (Lipinski definition) is 5. The lowest BCUT2D eigenvalue weighted by molar-refractivity contribution is -0.135. The van der Waals surface area contributed by atoms with Crippen molar-refractivity contribution in [2.75, 3.05) is 7.11 Å². The van der Waals surface area contributed by atoms with Gasteiger partial charge in [0.2, 0.25) is 5.76 Å². The molecule has 0 fully saturated rings. The summed E-state index contributed by atoms with van der Waals surface area (Å²) >= 11 is 0. The number of methoxy groups -OCH3 is 1. The van der Waals surface area contributed by atoms with Gasteiger partial charge in [0.1, 0.15) is 17.2 Å². The minimum absolute atomic E-state index is 0.0519. The number of nitriles is 1. The molecule has 0 aliphatic rings. The molecule has 2 aromatic rings. The van der Waals surface area contributed by atoms with Gasteiger partial charge in [-0.05, 0) is 12.1 Å². The molecule has 0 amide bonds. The van der Waals surface area contributed by atoms with E-state index >= 15 is 0 Å². The molecule has 0 saturated heterocycles. The molecule has 0 unspecified atom stereocenters. The van der Waals surface area contributed by atoms with Crippen LogP contribution < -0.4 is 0 Å². The molecule has 1 aromatic heterocycles. The third-order valence-corrected chi connectivity index (χ3v) is 2.28. The molecule has 5 nitrogen and oxygen atoms in total. The molecule has 84 valence electrons. The number of ketones is 1. The Morgan fingerprint density at radius 1 is 1.35 bits per heavy atom. The van der Waals surface area contributed by atoms with Crippen molar-refractivity contribution in [2.24, 2.45) is 0 Å². The van der Waals surface area contributed by atoms with E-state index in [2.05, 4.69) is 4.74 Å². The predicted molar refractivity (Wildman–Crippen MR) is 57.3 cm³/mol. The van der Waals surface area contributed by atoms with Gasteiger partial charge in [-0.25, -0.2) is 4.79 Å². The Morgan fingerprint density at radius 2 is 2.06 bits per heavy atom. The lowest BCUT2D eigenvalue weighted by Gasteiger charge is -1.94. The summed E-state index contributed by atoms with van der Waals surface area (Å²) in [5.74, 6) is -2.29. The molecule has 1 heterocycles. The Balaban J connectivity index is 2.67. The van der Waals surface area contributed by atoms with Gasteiger partial charge < -0.3 is 9.15 Å². The van der Waals surface area contributed by atoms with Crippen LogP contribution in [-0.2, 0) is 9.53 Å². The summed E-state index contributed by atoms with van der Waals surface area (Å²) < 4.78 is 9.51. The highest BCUT2D eigenvalue weighted by Gasteiger charge is 2.26. The first-order valence-corrected chi connectivity index (χ1v) is 4.73. The van der Waals surface area contributed by atoms with E-state index in [9.17, 15) is 9.59 Å². The number of esters is 1. The maximum absolute atomic E-state index is 11.6. The number of fused-ring (bicyclic) bond motifs is 1. The van der Waals surface area contributed by atoms with Gasteiger partial charge in [-0.3, -0.25) is 4.79 Å². The van der Waals surface area contributed by atoms with Crippen molar-refractivity contribution < 1.29 is 18.7 Å². The summed E-state index contributed by atoms with van der Waals surface area (Å²) in [6.45, 7) is 0. The van der Waals surface area contributed by atoms with Gasteiger partial charge in [0, 0.05) is 5.39 Å². The van der Waals surface area contributed by atoms with Crippen LogP contribution in [0.3, 0.4) is 0 Å². The van der Waals surface area contributed by atoms with Crippen LogP contribution in [-0.4, -0.2) is 18.9 Å². The predicted octanol–water partition coefficient (Wildman–Crippen LogP) is 1.66. The van der Waals surface area contributed by atoms with Crippen molar-refractivity contribution in [3.63, 3.8) is 0 Å². The topological polar surface area (TPSA) is 80.3 Å². The molecule has 0 spiro atoms. The fourth-order valence-electron chi connectivity index (χ4n) is 1.50. The number of nitrogens with zero attached hydrogens (tertiary/aromatic N) is 1. The van der Waals surface area contributed by atoms with E-state index in [4.69, 9.17) is 9.68 Å². The molecule has 17 heavy (non-hydrogen) atoms. The Morgan fingerprint density at radius 3 is 2.71 bits per heavy atom. The monoisotopic (exact) mass is 229 g/mol. The van der Waals surface area contributed by atoms with Gasteiger partial charge in [-0.15, -0.1) is 0 Å². The summed E-state index contributed by atoms with van der Waals surface area (Å²) in [5.41, 5.74) is 0.437. The lowest BCUT2D eigenvalue weighted by atomic mass is 10.1. The largest absolute Gasteiger partial charge is 0.463 e. The highest BCUT2D eigenvalue weighted by atomic mass is 16.5. The Hall–Kier alpha value is -2.61. The van der Waals surface area contributed by atoms with Crippen LogP contribution in [0, 0.1) is 11.3 Å². The van der Waals surface area contributed by atoms with Crippen molar-refractivity contribution in [3.05, 3.63) is 35.6 Å². The first kappa shape index (κ1) is 10.9. The number of rotatable bonds is 2. The summed E-state index contributed by atoms with van der Waals surface area (Å²) in [6, 6.07) is 8.54. The zero-order valence-corrected chi connectivity index (χ0v) is 8.89. The Labute approximate surface area is 96.2 Å². The average molecular weight is 229 g/mol. The molecule has 1 aromatic carbocycles. The van der Waals surface area contributed by atoms with Gasteiger partial charge in [0.05, 0.1) is 7.11 Å². The summed E-state index contributed by atoms with van der Waals surface area (Å²) in [4.78, 5) is 22.7. The number of furan rings is 1. The van der Waals surface area contributed by atoms with Crippen LogP contribution in [0.2, 0.25) is 0 Å². The highest BCUT2D eigenvalue weighted by Crippen LogP contribution is 2.25. The summed E-state index contributed by atoms with van der Waals surface area (Å²) in [6.07, 6.45) is 0. The van der Waals surface area contributed by atoms with Crippen LogP contribution >= 0.6 is 0 Å². The number of para-hydroxylation sites is 1. The van der Waals surface area contributed by atoms with Gasteiger partial charge in [-0.2, -0.15) is 5.26 Å². The quantitative estimate of drug-likeness (QED) is 0.444. The second kappa shape index (κ2) is 4.10. The molecule has 0 N–H and O–H groups in total. The van der Waals surface area contributed by atoms with Crippen molar-refractivity contribution in [1.82, 2.24) is 0 Å². The minimum atomic E-state index is -1.06. The number of ether oxygens (including phenoxy) is 1. The van der Waals surface area contributed by atoms with E-state index in [0.29, 0.717) is 11.0 Å². The third-order valence-electron chi connectivity index (χ3n) is 2.28. The molecular formula is C12H7NO4. The van der Waals surface area contributed by atoms with Crippen molar-refractivity contribution in [1.29, 1.82) is 5.26 Å². The summed E-state index contributed by atoms with van der Waals surface area (Å²) in [7, 11) is 1.09. The first-order chi connectivity index (χ1) is 8.19. The first-order valence-electron chi connectivity index (χ1n) is 4.73. The van der Waals surface area contributed by atoms with Gasteiger partial charge >= 0.3 is 11.8 Å². The van der Waals surface area contributed by atoms with Crippen LogP contribution in [0.15, 0.2) is 28.7 Å². The van der Waals surface area contributed by atoms with Crippen LogP contribution in [0.5, 0.6) is 0 Å². The molecule has 0 aliphatic carbocycles. The van der Waals surface area contributed by atoms with E-state index in [-0.39, 0.29) is 11.3 Å². The summed E-state index contributed by atoms with van der Waals surface area (Å²) in [5, 5.41) is 9.50. The maximum Gasteiger partial charge on any atom is 0.382 e. The Kier molecular flexibility index (Phi) is 2.63. The van der Waals surface area contributed by atoms with E-state index in [1.165, 1.54) is 0 Å². The number of carbonyl (C=O) groups excluding carboxylic acids is 2. The van der Waals surface area contributed by atoms with E-state index in [1.54, 1.807) is 24.3 Å². The van der Waals surface area contributed by atoms with E-state index < -0.39 is 11.8 Å². The standard InChI is InChI=1S/C12H7NO4/c1-16-12(15)10(14)11-8(6-13)7-4-2-3-5-9(7)17-11/h2-5H,1H3. The lowest BCUT2D eigenvalue weighted by Crippen LogP contribution is -2.15. The second-order valence-corrected chi connectivity index (χ2v) is 3.23. The van der Waals surface area contributed by atoms with Crippen LogP contribution in [0.1, 0.15) is 16.1 Å². The maximum atomic E-state index is 11.6. The van der Waals surface area contributed by atoms with E-state index in [0.717, 1.165) is 7.11 Å². The van der Waals surface area contributed by atoms with Crippen LogP contribution in [0.4, 0.5) is 0 Å². The third kappa shape index (κ3) is 1.66. The molecule has 0 saturated carbocycles. The fraction of sp³-hybridized carbons (Fsp3) is 0.0833. The molecule has 5 heteroatoms. The minimum Gasteiger partial charge on any atom is -0.463 e. The van der Waals surface area contributed by atoms with E-state index in [1.807, 2.05) is 6.07 Å².